The molecule has 0 saturated carbocycles. The van der Waals surface area contributed by atoms with Crippen molar-refractivity contribution in [2.45, 2.75) is 12.5 Å². The standard InChI is InChI=1S/C16H14Cl2N2O/c17-12-5-3-6-13(18)11(12)9-14(20-19)16-8-10-4-1-2-7-15(10)21-16/h1-8,14,20H,9,19H2. The highest BCUT2D eigenvalue weighted by molar-refractivity contribution is 6.36. The van der Waals surface area contributed by atoms with Gasteiger partial charge in [0, 0.05) is 15.4 Å². The fraction of sp³-hybridized carbons (Fsp3) is 0.125. The highest BCUT2D eigenvalue weighted by Gasteiger charge is 2.18. The number of nitrogens with one attached hydrogen (secondary N) is 1. The summed E-state index contributed by atoms with van der Waals surface area (Å²) < 4.78 is 5.84. The molecule has 3 aromatic rings. The summed E-state index contributed by atoms with van der Waals surface area (Å²) in [6, 6.07) is 15.1. The zero-order chi connectivity index (χ0) is 14.8. The summed E-state index contributed by atoms with van der Waals surface area (Å²) in [5.41, 5.74) is 4.45. The van der Waals surface area contributed by atoms with Gasteiger partial charge in [-0.3, -0.25) is 5.84 Å². The van der Waals surface area contributed by atoms with Crippen LogP contribution in [-0.4, -0.2) is 0 Å². The first-order valence-corrected chi connectivity index (χ1v) is 7.32. The lowest BCUT2D eigenvalue weighted by atomic mass is 10.0. The largest absolute Gasteiger partial charge is 0.459 e. The predicted octanol–water partition coefficient (Wildman–Crippen LogP) is 4.49. The summed E-state index contributed by atoms with van der Waals surface area (Å²) in [5, 5.41) is 2.29. The normalized spacial score (nSPS) is 12.7. The molecule has 3 rings (SSSR count). The second-order valence-electron chi connectivity index (χ2n) is 4.81. The lowest BCUT2D eigenvalue weighted by Crippen LogP contribution is -2.29. The summed E-state index contributed by atoms with van der Waals surface area (Å²) >= 11 is 12.4. The number of hydrogen-bond acceptors (Lipinski definition) is 3. The van der Waals surface area contributed by atoms with Crippen LogP contribution in [-0.2, 0) is 6.42 Å². The minimum absolute atomic E-state index is 0.199. The van der Waals surface area contributed by atoms with E-state index in [2.05, 4.69) is 5.43 Å². The minimum Gasteiger partial charge on any atom is -0.459 e. The van der Waals surface area contributed by atoms with E-state index in [1.54, 1.807) is 0 Å². The highest BCUT2D eigenvalue weighted by Crippen LogP contribution is 2.31. The molecule has 1 unspecified atom stereocenters. The number of fused-ring (bicyclic) bond motifs is 1. The zero-order valence-electron chi connectivity index (χ0n) is 11.1. The number of hydrazine groups is 1. The highest BCUT2D eigenvalue weighted by atomic mass is 35.5. The molecule has 108 valence electrons. The lowest BCUT2D eigenvalue weighted by molar-refractivity contribution is 0.434. The Balaban J connectivity index is 1.95. The number of hydrogen-bond donors (Lipinski definition) is 2. The van der Waals surface area contributed by atoms with Crippen LogP contribution in [0.3, 0.4) is 0 Å². The molecule has 0 spiro atoms. The molecule has 2 aromatic carbocycles. The monoisotopic (exact) mass is 320 g/mol. The molecule has 0 bridgehead atoms. The van der Waals surface area contributed by atoms with E-state index >= 15 is 0 Å². The molecule has 0 saturated heterocycles. The predicted molar refractivity (Wildman–Crippen MR) is 86.4 cm³/mol. The molecular weight excluding hydrogens is 307 g/mol. The van der Waals surface area contributed by atoms with E-state index in [4.69, 9.17) is 33.5 Å². The van der Waals surface area contributed by atoms with Crippen molar-refractivity contribution in [3.63, 3.8) is 0 Å². The lowest BCUT2D eigenvalue weighted by Gasteiger charge is -2.15. The third-order valence-corrected chi connectivity index (χ3v) is 4.17. The minimum atomic E-state index is -0.199. The average Bonchev–Trinajstić information content (AvgIpc) is 2.90. The Morgan fingerprint density at radius 3 is 2.43 bits per heavy atom. The van der Waals surface area contributed by atoms with Crippen LogP contribution in [0.2, 0.25) is 10.0 Å². The molecule has 1 atom stereocenters. The van der Waals surface area contributed by atoms with E-state index < -0.39 is 0 Å². The first kappa shape index (κ1) is 14.4. The Kier molecular flexibility index (Phi) is 4.17. The van der Waals surface area contributed by atoms with Crippen molar-refractivity contribution in [3.05, 3.63) is 69.9 Å². The summed E-state index contributed by atoms with van der Waals surface area (Å²) in [6.45, 7) is 0. The molecule has 0 aliphatic carbocycles. The molecule has 1 heterocycles. The van der Waals surface area contributed by atoms with Gasteiger partial charge >= 0.3 is 0 Å². The number of benzene rings is 2. The van der Waals surface area contributed by atoms with E-state index in [1.165, 1.54) is 0 Å². The van der Waals surface area contributed by atoms with E-state index in [0.29, 0.717) is 16.5 Å². The quantitative estimate of drug-likeness (QED) is 0.550. The summed E-state index contributed by atoms with van der Waals surface area (Å²) in [6.07, 6.45) is 0.550. The second kappa shape index (κ2) is 6.08. The van der Waals surface area contributed by atoms with Gasteiger partial charge in [-0.15, -0.1) is 0 Å². The maximum Gasteiger partial charge on any atom is 0.134 e. The fourth-order valence-electron chi connectivity index (χ4n) is 2.35. The first-order chi connectivity index (χ1) is 10.2. The molecule has 0 amide bonds. The number of nitrogens with two attached hydrogens (primary N) is 1. The Hall–Kier alpha value is -1.52. The van der Waals surface area contributed by atoms with Crippen molar-refractivity contribution in [3.8, 4) is 0 Å². The molecule has 3 nitrogen and oxygen atoms in total. The number of furan rings is 1. The van der Waals surface area contributed by atoms with Crippen LogP contribution in [0.5, 0.6) is 0 Å². The summed E-state index contributed by atoms with van der Waals surface area (Å²) in [5.74, 6) is 6.44. The first-order valence-electron chi connectivity index (χ1n) is 6.56. The Morgan fingerprint density at radius 1 is 1.05 bits per heavy atom. The van der Waals surface area contributed by atoms with E-state index in [9.17, 15) is 0 Å². The van der Waals surface area contributed by atoms with Gasteiger partial charge in [0.2, 0.25) is 0 Å². The average molecular weight is 321 g/mol. The molecule has 5 heteroatoms. The third kappa shape index (κ3) is 2.92. The maximum atomic E-state index is 6.21. The molecule has 0 aliphatic rings. The zero-order valence-corrected chi connectivity index (χ0v) is 12.7. The molecule has 3 N–H and O–H groups in total. The Labute approximate surface area is 132 Å². The number of para-hydroxylation sites is 1. The van der Waals surface area contributed by atoms with Gasteiger partial charge in [-0.2, -0.15) is 0 Å². The van der Waals surface area contributed by atoms with Crippen molar-refractivity contribution in [2.75, 3.05) is 0 Å². The maximum absolute atomic E-state index is 6.21. The van der Waals surface area contributed by atoms with Crippen LogP contribution in [0, 0.1) is 0 Å². The van der Waals surface area contributed by atoms with Crippen molar-refractivity contribution in [1.82, 2.24) is 5.43 Å². The Morgan fingerprint density at radius 2 is 1.76 bits per heavy atom. The molecule has 0 radical (unpaired) electrons. The van der Waals surface area contributed by atoms with Crippen LogP contribution in [0.25, 0.3) is 11.0 Å². The SMILES string of the molecule is NNC(Cc1c(Cl)cccc1Cl)c1cc2ccccc2o1. The second-order valence-corrected chi connectivity index (χ2v) is 5.62. The molecular formula is C16H14Cl2N2O. The number of rotatable bonds is 4. The topological polar surface area (TPSA) is 51.2 Å². The van der Waals surface area contributed by atoms with E-state index in [-0.39, 0.29) is 6.04 Å². The fourth-order valence-corrected chi connectivity index (χ4v) is 2.90. The van der Waals surface area contributed by atoms with Crippen molar-refractivity contribution in [2.24, 2.45) is 5.84 Å². The van der Waals surface area contributed by atoms with Gasteiger partial charge in [-0.25, -0.2) is 5.43 Å². The summed E-state index contributed by atoms with van der Waals surface area (Å²) in [7, 11) is 0. The van der Waals surface area contributed by atoms with Crippen molar-refractivity contribution >= 4 is 34.2 Å². The Bertz CT molecular complexity index is 717. The van der Waals surface area contributed by atoms with Gasteiger partial charge in [0.25, 0.3) is 0 Å². The van der Waals surface area contributed by atoms with Crippen LogP contribution >= 0.6 is 23.2 Å². The smallest absolute Gasteiger partial charge is 0.134 e. The molecule has 21 heavy (non-hydrogen) atoms. The van der Waals surface area contributed by atoms with Crippen LogP contribution in [0.1, 0.15) is 17.4 Å². The molecule has 0 aliphatic heterocycles. The number of halogens is 2. The van der Waals surface area contributed by atoms with Crippen LogP contribution in [0.15, 0.2) is 52.9 Å². The third-order valence-electron chi connectivity index (χ3n) is 3.46. The van der Waals surface area contributed by atoms with Crippen LogP contribution in [0.4, 0.5) is 0 Å². The van der Waals surface area contributed by atoms with Crippen molar-refractivity contribution in [1.29, 1.82) is 0 Å². The summed E-state index contributed by atoms with van der Waals surface area (Å²) in [4.78, 5) is 0. The van der Waals surface area contributed by atoms with Gasteiger partial charge in [0.05, 0.1) is 6.04 Å². The van der Waals surface area contributed by atoms with Crippen LogP contribution < -0.4 is 11.3 Å². The van der Waals surface area contributed by atoms with Crippen molar-refractivity contribution < 1.29 is 4.42 Å². The van der Waals surface area contributed by atoms with Gasteiger partial charge in [0.15, 0.2) is 0 Å². The van der Waals surface area contributed by atoms with Gasteiger partial charge in [0.1, 0.15) is 11.3 Å². The molecule has 1 aromatic heterocycles. The van der Waals surface area contributed by atoms with Gasteiger partial charge in [-0.05, 0) is 36.2 Å². The van der Waals surface area contributed by atoms with Gasteiger partial charge < -0.3 is 4.42 Å². The van der Waals surface area contributed by atoms with Gasteiger partial charge in [-0.1, -0.05) is 47.5 Å². The van der Waals surface area contributed by atoms with E-state index in [0.717, 1.165) is 22.3 Å². The van der Waals surface area contributed by atoms with E-state index in [1.807, 2.05) is 48.5 Å². The molecule has 0 fully saturated rings.